The van der Waals surface area contributed by atoms with Gasteiger partial charge in [-0.15, -0.1) is 0 Å². The van der Waals surface area contributed by atoms with Crippen molar-refractivity contribution >= 4 is 17.5 Å². The van der Waals surface area contributed by atoms with E-state index in [1.165, 1.54) is 0 Å². The maximum Gasteiger partial charge on any atom is 0.253 e. The molecule has 6 heteroatoms. The van der Waals surface area contributed by atoms with Crippen LogP contribution < -0.4 is 15.0 Å². The van der Waals surface area contributed by atoms with Gasteiger partial charge in [-0.3, -0.25) is 9.59 Å². The number of rotatable bonds is 8. The van der Waals surface area contributed by atoms with Crippen LogP contribution in [0.1, 0.15) is 47.2 Å². The van der Waals surface area contributed by atoms with E-state index in [-0.39, 0.29) is 17.9 Å². The van der Waals surface area contributed by atoms with E-state index in [4.69, 9.17) is 4.74 Å². The van der Waals surface area contributed by atoms with Gasteiger partial charge >= 0.3 is 0 Å². The zero-order valence-electron chi connectivity index (χ0n) is 19.7. The molecule has 0 radical (unpaired) electrons. The predicted molar refractivity (Wildman–Crippen MR) is 128 cm³/mol. The van der Waals surface area contributed by atoms with Crippen LogP contribution in [0.25, 0.3) is 0 Å². The Morgan fingerprint density at radius 3 is 2.25 bits per heavy atom. The minimum absolute atomic E-state index is 0.0548. The highest BCUT2D eigenvalue weighted by molar-refractivity contribution is 5.94. The molecular formula is C26H35N3O3. The summed E-state index contributed by atoms with van der Waals surface area (Å²) in [5, 5.41) is 3.12. The topological polar surface area (TPSA) is 61.9 Å². The van der Waals surface area contributed by atoms with Gasteiger partial charge < -0.3 is 19.9 Å². The molecular weight excluding hydrogens is 402 g/mol. The van der Waals surface area contributed by atoms with Crippen molar-refractivity contribution in [3.05, 3.63) is 59.2 Å². The molecule has 1 N–H and O–H groups in total. The van der Waals surface area contributed by atoms with Crippen LogP contribution in [0.15, 0.2) is 42.5 Å². The molecule has 0 bridgehead atoms. The average Bonchev–Trinajstić information content (AvgIpc) is 2.78. The van der Waals surface area contributed by atoms with Crippen molar-refractivity contribution in [3.63, 3.8) is 0 Å². The number of para-hydroxylation sites is 1. The second-order valence-corrected chi connectivity index (χ2v) is 8.75. The number of likely N-dealkylation sites (tertiary alicyclic amines) is 1. The van der Waals surface area contributed by atoms with Crippen molar-refractivity contribution in [2.45, 2.75) is 45.6 Å². The molecule has 1 fully saturated rings. The molecule has 1 heterocycles. The SMILES string of the molecule is Cc1cccc(C)c1OCCCC(=O)NC1CCN(C(=O)c2ccc(N(C)C)cc2)CC1. The first-order valence-corrected chi connectivity index (χ1v) is 11.4. The molecule has 0 unspecified atom stereocenters. The highest BCUT2D eigenvalue weighted by atomic mass is 16.5. The van der Waals surface area contributed by atoms with Gasteiger partial charge in [-0.25, -0.2) is 0 Å². The Bertz CT molecular complexity index is 896. The van der Waals surface area contributed by atoms with Crippen LogP contribution in [0.3, 0.4) is 0 Å². The third kappa shape index (κ3) is 6.25. The van der Waals surface area contributed by atoms with Gasteiger partial charge in [0.25, 0.3) is 5.91 Å². The smallest absolute Gasteiger partial charge is 0.253 e. The van der Waals surface area contributed by atoms with Gasteiger partial charge in [0, 0.05) is 50.9 Å². The molecule has 0 spiro atoms. The summed E-state index contributed by atoms with van der Waals surface area (Å²) in [6, 6.07) is 13.9. The minimum Gasteiger partial charge on any atom is -0.493 e. The molecule has 0 aliphatic carbocycles. The number of aryl methyl sites for hydroxylation is 2. The summed E-state index contributed by atoms with van der Waals surface area (Å²) in [7, 11) is 3.96. The largest absolute Gasteiger partial charge is 0.493 e. The molecule has 1 aliphatic rings. The first-order chi connectivity index (χ1) is 15.3. The standard InChI is InChI=1S/C26H35N3O3/c1-19-7-5-8-20(2)25(19)32-18-6-9-24(30)27-22-14-16-29(17-15-22)26(31)21-10-12-23(13-11-21)28(3)4/h5,7-8,10-13,22H,6,9,14-18H2,1-4H3,(H,27,30). The van der Waals surface area contributed by atoms with E-state index < -0.39 is 0 Å². The van der Waals surface area contributed by atoms with Gasteiger partial charge in [-0.2, -0.15) is 0 Å². The number of anilines is 1. The quantitative estimate of drug-likeness (QED) is 0.636. The fraction of sp³-hybridized carbons (Fsp3) is 0.462. The molecule has 0 saturated carbocycles. The highest BCUT2D eigenvalue weighted by Crippen LogP contribution is 2.22. The van der Waals surface area contributed by atoms with Gasteiger partial charge in [0.15, 0.2) is 0 Å². The number of carbonyl (C=O) groups is 2. The lowest BCUT2D eigenvalue weighted by Gasteiger charge is -2.32. The van der Waals surface area contributed by atoms with Gasteiger partial charge in [-0.1, -0.05) is 18.2 Å². The van der Waals surface area contributed by atoms with E-state index >= 15 is 0 Å². The van der Waals surface area contributed by atoms with E-state index in [2.05, 4.69) is 5.32 Å². The summed E-state index contributed by atoms with van der Waals surface area (Å²) in [5.41, 5.74) is 4.01. The van der Waals surface area contributed by atoms with Crippen LogP contribution in [0, 0.1) is 13.8 Å². The number of benzene rings is 2. The molecule has 32 heavy (non-hydrogen) atoms. The molecule has 1 saturated heterocycles. The first-order valence-electron chi connectivity index (χ1n) is 11.4. The van der Waals surface area contributed by atoms with E-state index in [0.717, 1.165) is 35.4 Å². The number of ether oxygens (including phenoxy) is 1. The van der Waals surface area contributed by atoms with Gasteiger partial charge in [-0.05, 0) is 68.5 Å². The van der Waals surface area contributed by atoms with E-state index in [1.54, 1.807) is 0 Å². The number of hydrogen-bond donors (Lipinski definition) is 1. The lowest BCUT2D eigenvalue weighted by molar-refractivity contribution is -0.122. The predicted octanol–water partition coefficient (Wildman–Crippen LogP) is 3.95. The van der Waals surface area contributed by atoms with Crippen molar-refractivity contribution in [2.24, 2.45) is 0 Å². The van der Waals surface area contributed by atoms with Crippen molar-refractivity contribution < 1.29 is 14.3 Å². The van der Waals surface area contributed by atoms with Crippen LogP contribution in [-0.4, -0.2) is 56.5 Å². The Kier molecular flexibility index (Phi) is 8.14. The number of amides is 2. The number of nitrogens with one attached hydrogen (secondary N) is 1. The van der Waals surface area contributed by atoms with Crippen LogP contribution >= 0.6 is 0 Å². The Morgan fingerprint density at radius 2 is 1.66 bits per heavy atom. The maximum absolute atomic E-state index is 12.8. The summed E-state index contributed by atoms with van der Waals surface area (Å²) in [6.07, 6.45) is 2.69. The second-order valence-electron chi connectivity index (χ2n) is 8.75. The van der Waals surface area contributed by atoms with Gasteiger partial charge in [0.05, 0.1) is 6.61 Å². The number of piperidine rings is 1. The number of hydrogen-bond acceptors (Lipinski definition) is 4. The lowest BCUT2D eigenvalue weighted by atomic mass is 10.0. The fourth-order valence-corrected chi connectivity index (χ4v) is 4.05. The van der Waals surface area contributed by atoms with Crippen LogP contribution in [-0.2, 0) is 4.79 Å². The Morgan fingerprint density at radius 1 is 1.03 bits per heavy atom. The normalized spacial score (nSPS) is 14.2. The first kappa shape index (κ1) is 23.6. The summed E-state index contributed by atoms with van der Waals surface area (Å²) in [4.78, 5) is 29.0. The van der Waals surface area contributed by atoms with Crippen molar-refractivity contribution in [2.75, 3.05) is 38.7 Å². The molecule has 2 aromatic carbocycles. The monoisotopic (exact) mass is 437 g/mol. The number of nitrogens with zero attached hydrogens (tertiary/aromatic N) is 2. The lowest BCUT2D eigenvalue weighted by Crippen LogP contribution is -2.46. The molecule has 0 atom stereocenters. The zero-order valence-corrected chi connectivity index (χ0v) is 19.7. The molecule has 3 rings (SSSR count). The Labute approximate surface area is 191 Å². The fourth-order valence-electron chi connectivity index (χ4n) is 4.05. The zero-order chi connectivity index (χ0) is 23.1. The second kappa shape index (κ2) is 11.0. The highest BCUT2D eigenvalue weighted by Gasteiger charge is 2.24. The van der Waals surface area contributed by atoms with Gasteiger partial charge in [0.2, 0.25) is 5.91 Å². The van der Waals surface area contributed by atoms with E-state index in [9.17, 15) is 9.59 Å². The van der Waals surface area contributed by atoms with Crippen LogP contribution in [0.4, 0.5) is 5.69 Å². The molecule has 6 nitrogen and oxygen atoms in total. The van der Waals surface area contributed by atoms with Gasteiger partial charge in [0.1, 0.15) is 5.75 Å². The molecule has 2 amide bonds. The summed E-state index contributed by atoms with van der Waals surface area (Å²) in [6.45, 7) is 5.92. The van der Waals surface area contributed by atoms with Crippen molar-refractivity contribution in [1.29, 1.82) is 0 Å². The van der Waals surface area contributed by atoms with E-state index in [0.29, 0.717) is 38.1 Å². The summed E-state index contributed by atoms with van der Waals surface area (Å²) < 4.78 is 5.88. The van der Waals surface area contributed by atoms with Crippen LogP contribution in [0.2, 0.25) is 0 Å². The molecule has 0 aromatic heterocycles. The minimum atomic E-state index is 0.0548. The summed E-state index contributed by atoms with van der Waals surface area (Å²) in [5.74, 6) is 1.03. The van der Waals surface area contributed by atoms with Crippen LogP contribution in [0.5, 0.6) is 5.75 Å². The molecule has 2 aromatic rings. The summed E-state index contributed by atoms with van der Waals surface area (Å²) >= 11 is 0. The molecule has 172 valence electrons. The number of carbonyl (C=O) groups excluding carboxylic acids is 2. The maximum atomic E-state index is 12.8. The Hall–Kier alpha value is -3.02. The van der Waals surface area contributed by atoms with Crippen molar-refractivity contribution in [1.82, 2.24) is 10.2 Å². The third-order valence-electron chi connectivity index (χ3n) is 5.98. The van der Waals surface area contributed by atoms with E-state index in [1.807, 2.05) is 80.2 Å². The van der Waals surface area contributed by atoms with Crippen molar-refractivity contribution in [3.8, 4) is 5.75 Å². The average molecular weight is 438 g/mol. The third-order valence-corrected chi connectivity index (χ3v) is 5.98. The Balaban J connectivity index is 1.37. The molecule has 1 aliphatic heterocycles.